The van der Waals surface area contributed by atoms with Gasteiger partial charge in [0, 0.05) is 5.56 Å². The number of hydrogen-bond acceptors (Lipinski definition) is 5. The molecule has 1 heterocycles. The Morgan fingerprint density at radius 2 is 1.83 bits per heavy atom. The SMILES string of the molecule is CC.CC.Cc1ccc(C2=NCC=C(N)N=C2/C=C\N)c(O)c1. The Bertz CT molecular complexity index is 613. The molecular formula is C18H28N4O. The van der Waals surface area contributed by atoms with E-state index >= 15 is 0 Å². The van der Waals surface area contributed by atoms with Crippen molar-refractivity contribution >= 4 is 11.4 Å². The molecule has 23 heavy (non-hydrogen) atoms. The summed E-state index contributed by atoms with van der Waals surface area (Å²) in [6.07, 6.45) is 4.70. The molecule has 1 aromatic rings. The van der Waals surface area contributed by atoms with Crippen molar-refractivity contribution in [2.45, 2.75) is 34.6 Å². The molecule has 1 aliphatic heterocycles. The van der Waals surface area contributed by atoms with Gasteiger partial charge in [-0.05, 0) is 43.0 Å². The molecular weight excluding hydrogens is 288 g/mol. The Kier molecular flexibility index (Phi) is 9.83. The minimum atomic E-state index is 0.164. The molecule has 0 unspecified atom stereocenters. The van der Waals surface area contributed by atoms with Crippen molar-refractivity contribution in [3.05, 3.63) is 53.5 Å². The molecule has 1 aliphatic rings. The number of rotatable bonds is 2. The average Bonchev–Trinajstić information content (AvgIpc) is 2.73. The van der Waals surface area contributed by atoms with Crippen molar-refractivity contribution in [1.29, 1.82) is 0 Å². The van der Waals surface area contributed by atoms with Gasteiger partial charge in [0.05, 0.1) is 18.0 Å². The number of nitrogens with zero attached hydrogens (tertiary/aromatic N) is 2. The molecule has 126 valence electrons. The van der Waals surface area contributed by atoms with Crippen molar-refractivity contribution < 1.29 is 5.11 Å². The lowest BCUT2D eigenvalue weighted by Gasteiger charge is -2.08. The molecule has 5 heteroatoms. The first-order chi connectivity index (χ1) is 11.1. The zero-order chi connectivity index (χ0) is 17.8. The van der Waals surface area contributed by atoms with Gasteiger partial charge < -0.3 is 16.6 Å². The van der Waals surface area contributed by atoms with Crippen LogP contribution in [0, 0.1) is 6.92 Å². The Hall–Kier alpha value is -2.56. The summed E-state index contributed by atoms with van der Waals surface area (Å²) >= 11 is 0. The van der Waals surface area contributed by atoms with Crippen LogP contribution in [0.3, 0.4) is 0 Å². The summed E-state index contributed by atoms with van der Waals surface area (Å²) in [5.41, 5.74) is 13.8. The third kappa shape index (κ3) is 5.98. The Labute approximate surface area is 139 Å². The van der Waals surface area contributed by atoms with E-state index in [0.29, 0.717) is 29.4 Å². The summed E-state index contributed by atoms with van der Waals surface area (Å²) in [5, 5.41) is 10.0. The van der Waals surface area contributed by atoms with Gasteiger partial charge in [-0.1, -0.05) is 33.8 Å². The molecule has 0 amide bonds. The summed E-state index contributed by atoms with van der Waals surface area (Å²) < 4.78 is 0. The van der Waals surface area contributed by atoms with Crippen LogP contribution in [0.5, 0.6) is 5.75 Å². The van der Waals surface area contributed by atoms with Crippen LogP contribution in [0.4, 0.5) is 0 Å². The summed E-state index contributed by atoms with van der Waals surface area (Å²) in [4.78, 5) is 8.63. The van der Waals surface area contributed by atoms with Crippen molar-refractivity contribution in [3.8, 4) is 5.75 Å². The van der Waals surface area contributed by atoms with Gasteiger partial charge >= 0.3 is 0 Å². The van der Waals surface area contributed by atoms with Gasteiger partial charge in [-0.3, -0.25) is 4.99 Å². The van der Waals surface area contributed by atoms with Crippen molar-refractivity contribution in [2.24, 2.45) is 21.5 Å². The molecule has 0 atom stereocenters. The molecule has 0 fully saturated rings. The highest BCUT2D eigenvalue weighted by atomic mass is 16.3. The molecule has 1 aromatic carbocycles. The zero-order valence-electron chi connectivity index (χ0n) is 14.7. The van der Waals surface area contributed by atoms with E-state index in [1.807, 2.05) is 46.8 Å². The molecule has 0 bridgehead atoms. The number of nitrogens with two attached hydrogens (primary N) is 2. The van der Waals surface area contributed by atoms with Crippen molar-refractivity contribution in [1.82, 2.24) is 0 Å². The van der Waals surface area contributed by atoms with Crippen LogP contribution in [0.25, 0.3) is 0 Å². The fraction of sp³-hybridized carbons (Fsp3) is 0.333. The largest absolute Gasteiger partial charge is 0.507 e. The molecule has 0 aromatic heterocycles. The van der Waals surface area contributed by atoms with E-state index in [0.717, 1.165) is 5.56 Å². The lowest BCUT2D eigenvalue weighted by molar-refractivity contribution is 0.474. The highest BCUT2D eigenvalue weighted by Crippen LogP contribution is 2.21. The van der Waals surface area contributed by atoms with Crippen LogP contribution < -0.4 is 11.5 Å². The number of aromatic hydroxyl groups is 1. The van der Waals surface area contributed by atoms with Crippen molar-refractivity contribution in [3.63, 3.8) is 0 Å². The number of phenolic OH excluding ortho intramolecular Hbond substituents is 1. The molecule has 5 nitrogen and oxygen atoms in total. The fourth-order valence-corrected chi connectivity index (χ4v) is 1.82. The minimum absolute atomic E-state index is 0.164. The van der Waals surface area contributed by atoms with Crippen LogP contribution in [0.2, 0.25) is 0 Å². The number of phenols is 1. The molecule has 0 spiro atoms. The highest BCUT2D eigenvalue weighted by Gasteiger charge is 2.15. The monoisotopic (exact) mass is 316 g/mol. The van der Waals surface area contributed by atoms with Gasteiger partial charge in [0.25, 0.3) is 0 Å². The van der Waals surface area contributed by atoms with E-state index in [4.69, 9.17) is 11.5 Å². The average molecular weight is 316 g/mol. The summed E-state index contributed by atoms with van der Waals surface area (Å²) in [7, 11) is 0. The normalized spacial score (nSPS) is 13.5. The first-order valence-electron chi connectivity index (χ1n) is 7.89. The van der Waals surface area contributed by atoms with Gasteiger partial charge in [0.2, 0.25) is 0 Å². The Morgan fingerprint density at radius 3 is 2.39 bits per heavy atom. The van der Waals surface area contributed by atoms with Gasteiger partial charge in [0.15, 0.2) is 0 Å². The predicted octanol–water partition coefficient (Wildman–Crippen LogP) is 3.27. The summed E-state index contributed by atoms with van der Waals surface area (Å²) in [6.45, 7) is 10.3. The predicted molar refractivity (Wildman–Crippen MR) is 100.0 cm³/mol. The standard InChI is InChI=1S/C14H16N4O.2C2H6/c1-9-2-3-10(12(19)8-9)14-11(4-6-15)18-13(16)5-7-17-14;2*1-2/h2-6,8,19H,7,15-16H2,1H3;2*1-2H3/b6-4-;;. The molecule has 5 N–H and O–H groups in total. The minimum Gasteiger partial charge on any atom is -0.507 e. The first kappa shape index (κ1) is 20.4. The van der Waals surface area contributed by atoms with Crippen LogP contribution in [0.1, 0.15) is 38.8 Å². The maximum atomic E-state index is 10.0. The van der Waals surface area contributed by atoms with Crippen molar-refractivity contribution in [2.75, 3.05) is 6.54 Å². The zero-order valence-corrected chi connectivity index (χ0v) is 14.7. The van der Waals surface area contributed by atoms with E-state index < -0.39 is 0 Å². The van der Waals surface area contributed by atoms with Crippen LogP contribution in [-0.2, 0) is 0 Å². The van der Waals surface area contributed by atoms with Crippen LogP contribution in [0.15, 0.2) is 52.4 Å². The van der Waals surface area contributed by atoms with E-state index in [9.17, 15) is 5.11 Å². The highest BCUT2D eigenvalue weighted by molar-refractivity contribution is 6.52. The molecule has 2 rings (SSSR count). The van der Waals surface area contributed by atoms with E-state index in [1.165, 1.54) is 6.20 Å². The Morgan fingerprint density at radius 1 is 1.17 bits per heavy atom. The van der Waals surface area contributed by atoms with Crippen LogP contribution >= 0.6 is 0 Å². The smallest absolute Gasteiger partial charge is 0.125 e. The number of aryl methyl sites for hydroxylation is 1. The molecule has 0 aliphatic carbocycles. The maximum absolute atomic E-state index is 10.0. The third-order valence-electron chi connectivity index (χ3n) is 2.70. The van der Waals surface area contributed by atoms with E-state index in [-0.39, 0.29) is 5.75 Å². The third-order valence-corrected chi connectivity index (χ3v) is 2.70. The second-order valence-corrected chi connectivity index (χ2v) is 4.20. The lowest BCUT2D eigenvalue weighted by Crippen LogP contribution is -2.15. The molecule has 0 saturated heterocycles. The Balaban J connectivity index is 0.00000112. The quantitative estimate of drug-likeness (QED) is 0.781. The topological polar surface area (TPSA) is 97.0 Å². The van der Waals surface area contributed by atoms with Gasteiger partial charge in [-0.2, -0.15) is 0 Å². The van der Waals surface area contributed by atoms with Gasteiger partial charge in [0.1, 0.15) is 11.6 Å². The maximum Gasteiger partial charge on any atom is 0.125 e. The van der Waals surface area contributed by atoms with Crippen LogP contribution in [-0.4, -0.2) is 23.1 Å². The first-order valence-corrected chi connectivity index (χ1v) is 7.89. The summed E-state index contributed by atoms with van der Waals surface area (Å²) in [5.74, 6) is 0.552. The number of aliphatic imine (C=N–C) groups is 2. The fourth-order valence-electron chi connectivity index (χ4n) is 1.82. The second kappa shape index (κ2) is 11.1. The number of allylic oxidation sites excluding steroid dienone is 1. The number of benzene rings is 1. The van der Waals surface area contributed by atoms with Gasteiger partial charge in [-0.25, -0.2) is 4.99 Å². The summed E-state index contributed by atoms with van der Waals surface area (Å²) in [6, 6.07) is 5.40. The second-order valence-electron chi connectivity index (χ2n) is 4.20. The molecule has 0 saturated carbocycles. The number of hydrogen-bond donors (Lipinski definition) is 3. The van der Waals surface area contributed by atoms with E-state index in [1.54, 1.807) is 18.2 Å². The van der Waals surface area contributed by atoms with E-state index in [2.05, 4.69) is 9.98 Å². The molecule has 0 radical (unpaired) electrons. The van der Waals surface area contributed by atoms with Gasteiger partial charge in [-0.15, -0.1) is 0 Å². The lowest BCUT2D eigenvalue weighted by atomic mass is 10.0.